The molecule has 136 valence electrons. The molecule has 2 heterocycles. The first kappa shape index (κ1) is 17.4. The van der Waals surface area contributed by atoms with Crippen LogP contribution in [-0.2, 0) is 11.8 Å². The third kappa shape index (κ3) is 3.35. The van der Waals surface area contributed by atoms with Gasteiger partial charge in [-0.05, 0) is 31.2 Å². The van der Waals surface area contributed by atoms with E-state index in [4.69, 9.17) is 0 Å². The zero-order valence-electron chi connectivity index (χ0n) is 14.7. The van der Waals surface area contributed by atoms with Gasteiger partial charge in [0.2, 0.25) is 11.1 Å². The number of para-hydroxylation sites is 1. The minimum Gasteiger partial charge on any atom is -0.327 e. The molecule has 0 unspecified atom stereocenters. The van der Waals surface area contributed by atoms with E-state index in [1.807, 2.05) is 30.7 Å². The number of thioether (sulfide) groups is 1. The number of hydrogen-bond acceptors (Lipinski definition) is 5. The van der Waals surface area contributed by atoms with Gasteiger partial charge in [-0.1, -0.05) is 35.5 Å². The lowest BCUT2D eigenvalue weighted by Gasteiger charge is -2.05. The number of benzene rings is 2. The summed E-state index contributed by atoms with van der Waals surface area (Å²) in [5.41, 5.74) is 3.76. The predicted molar refractivity (Wildman–Crippen MR) is 104 cm³/mol. The highest BCUT2D eigenvalue weighted by Crippen LogP contribution is 2.27. The van der Waals surface area contributed by atoms with E-state index in [2.05, 4.69) is 26.6 Å². The van der Waals surface area contributed by atoms with Crippen LogP contribution in [0.25, 0.3) is 22.1 Å². The van der Waals surface area contributed by atoms with E-state index < -0.39 is 5.82 Å². The van der Waals surface area contributed by atoms with Gasteiger partial charge in [0.05, 0.1) is 17.0 Å². The predicted octanol–water partition coefficient (Wildman–Crippen LogP) is 3.69. The van der Waals surface area contributed by atoms with Crippen LogP contribution < -0.4 is 5.32 Å². The number of fused-ring (bicyclic) bond motifs is 3. The number of nitrogens with one attached hydrogen (secondary N) is 1. The first-order valence-electron chi connectivity index (χ1n) is 8.29. The summed E-state index contributed by atoms with van der Waals surface area (Å²) in [6.07, 6.45) is 0. The number of aryl methyl sites for hydroxylation is 2. The van der Waals surface area contributed by atoms with Crippen LogP contribution >= 0.6 is 11.8 Å². The molecule has 4 aromatic rings. The summed E-state index contributed by atoms with van der Waals surface area (Å²) in [7, 11) is 1.92. The zero-order valence-corrected chi connectivity index (χ0v) is 15.5. The first-order valence-corrected chi connectivity index (χ1v) is 9.28. The lowest BCUT2D eigenvalue weighted by atomic mass is 10.2. The van der Waals surface area contributed by atoms with Crippen molar-refractivity contribution in [2.45, 2.75) is 12.1 Å². The Bertz CT molecular complexity index is 1170. The normalized spacial score (nSPS) is 11.2. The van der Waals surface area contributed by atoms with E-state index >= 15 is 0 Å². The molecule has 0 aliphatic rings. The van der Waals surface area contributed by atoms with Gasteiger partial charge in [0, 0.05) is 12.4 Å². The largest absolute Gasteiger partial charge is 0.327 e. The highest BCUT2D eigenvalue weighted by atomic mass is 32.2. The van der Waals surface area contributed by atoms with Gasteiger partial charge in [0.1, 0.15) is 11.3 Å². The molecule has 0 saturated heterocycles. The molecule has 0 fully saturated rings. The van der Waals surface area contributed by atoms with E-state index in [1.165, 1.54) is 12.1 Å². The molecule has 4 rings (SSSR count). The van der Waals surface area contributed by atoms with Crippen molar-refractivity contribution in [1.82, 2.24) is 19.7 Å². The second kappa shape index (κ2) is 6.96. The number of anilines is 1. The van der Waals surface area contributed by atoms with Gasteiger partial charge < -0.3 is 9.88 Å². The minimum atomic E-state index is -0.471. The Morgan fingerprint density at radius 3 is 2.85 bits per heavy atom. The van der Waals surface area contributed by atoms with E-state index in [0.29, 0.717) is 10.8 Å². The molecule has 0 spiro atoms. The van der Waals surface area contributed by atoms with Crippen molar-refractivity contribution in [3.63, 3.8) is 0 Å². The molecular weight excluding hydrogens is 365 g/mol. The summed E-state index contributed by atoms with van der Waals surface area (Å²) >= 11 is 1.16. The fourth-order valence-corrected chi connectivity index (χ4v) is 3.48. The fraction of sp³-hybridized carbons (Fsp3) is 0.158. The van der Waals surface area contributed by atoms with Gasteiger partial charge in [-0.3, -0.25) is 4.79 Å². The molecule has 8 heteroatoms. The van der Waals surface area contributed by atoms with Crippen LogP contribution in [0.3, 0.4) is 0 Å². The number of hydrogen-bond donors (Lipinski definition) is 1. The van der Waals surface area contributed by atoms with Crippen molar-refractivity contribution in [2.75, 3.05) is 11.1 Å². The van der Waals surface area contributed by atoms with Crippen molar-refractivity contribution in [1.29, 1.82) is 0 Å². The number of aromatic nitrogens is 4. The molecule has 2 aromatic carbocycles. The molecule has 6 nitrogen and oxygen atoms in total. The van der Waals surface area contributed by atoms with Gasteiger partial charge in [-0.25, -0.2) is 9.37 Å². The first-order chi connectivity index (χ1) is 13.0. The second-order valence-corrected chi connectivity index (χ2v) is 7.11. The van der Waals surface area contributed by atoms with Crippen LogP contribution in [0.5, 0.6) is 0 Å². The highest BCUT2D eigenvalue weighted by Gasteiger charge is 2.14. The third-order valence-electron chi connectivity index (χ3n) is 4.22. The number of halogens is 1. The summed E-state index contributed by atoms with van der Waals surface area (Å²) in [6, 6.07) is 12.2. The second-order valence-electron chi connectivity index (χ2n) is 6.16. The van der Waals surface area contributed by atoms with E-state index in [0.717, 1.165) is 33.7 Å². The van der Waals surface area contributed by atoms with Crippen molar-refractivity contribution < 1.29 is 9.18 Å². The Kier molecular flexibility index (Phi) is 4.49. The van der Waals surface area contributed by atoms with Gasteiger partial charge in [0.25, 0.3) is 0 Å². The number of rotatable bonds is 4. The average Bonchev–Trinajstić information content (AvgIpc) is 2.93. The zero-order chi connectivity index (χ0) is 19.0. The number of amides is 1. The Hall–Kier alpha value is -3.00. The minimum absolute atomic E-state index is 0.0601. The fourth-order valence-electron chi connectivity index (χ4n) is 2.90. The molecule has 27 heavy (non-hydrogen) atoms. The Morgan fingerprint density at radius 2 is 2.04 bits per heavy atom. The Labute approximate surface area is 158 Å². The number of carbonyl (C=O) groups excluding carboxylic acids is 1. The molecule has 2 aromatic heterocycles. The monoisotopic (exact) mass is 381 g/mol. The number of carbonyl (C=O) groups is 1. The summed E-state index contributed by atoms with van der Waals surface area (Å²) in [6.45, 7) is 2.03. The molecule has 1 amide bonds. The van der Waals surface area contributed by atoms with E-state index in [1.54, 1.807) is 12.1 Å². The molecule has 0 bridgehead atoms. The smallest absolute Gasteiger partial charge is 0.234 e. The summed E-state index contributed by atoms with van der Waals surface area (Å²) in [4.78, 5) is 16.6. The highest BCUT2D eigenvalue weighted by molar-refractivity contribution is 7.99. The molecule has 0 aliphatic carbocycles. The molecule has 0 radical (unpaired) electrons. The van der Waals surface area contributed by atoms with Gasteiger partial charge in [-0.2, -0.15) is 0 Å². The number of nitrogens with zero attached hydrogens (tertiary/aromatic N) is 4. The van der Waals surface area contributed by atoms with Crippen LogP contribution in [0.15, 0.2) is 47.6 Å². The van der Waals surface area contributed by atoms with Crippen molar-refractivity contribution in [3.8, 4) is 0 Å². The van der Waals surface area contributed by atoms with Crippen LogP contribution in [0.2, 0.25) is 0 Å². The van der Waals surface area contributed by atoms with E-state index in [9.17, 15) is 9.18 Å². The summed E-state index contributed by atoms with van der Waals surface area (Å²) in [5.74, 6) is -0.743. The maximum atomic E-state index is 13.6. The average molecular weight is 381 g/mol. The van der Waals surface area contributed by atoms with Gasteiger partial charge in [-0.15, -0.1) is 10.2 Å². The lowest BCUT2D eigenvalue weighted by Crippen LogP contribution is -2.15. The van der Waals surface area contributed by atoms with Crippen LogP contribution in [-0.4, -0.2) is 31.4 Å². The van der Waals surface area contributed by atoms with Crippen LogP contribution in [0.1, 0.15) is 5.56 Å². The Balaban J connectivity index is 1.54. The van der Waals surface area contributed by atoms with Crippen molar-refractivity contribution >= 4 is 45.4 Å². The third-order valence-corrected chi connectivity index (χ3v) is 5.05. The maximum Gasteiger partial charge on any atom is 0.234 e. The molecule has 0 aliphatic heterocycles. The summed E-state index contributed by atoms with van der Waals surface area (Å²) < 4.78 is 15.6. The summed E-state index contributed by atoms with van der Waals surface area (Å²) in [5, 5.41) is 12.4. The Morgan fingerprint density at radius 1 is 1.22 bits per heavy atom. The quantitative estimate of drug-likeness (QED) is 0.546. The van der Waals surface area contributed by atoms with Gasteiger partial charge >= 0.3 is 0 Å². The standard InChI is InChI=1S/C19H16FN5OS/c1-11-7-8-15-12(9-11)17-18(25(15)2)22-19(24-23-17)27-10-16(26)21-14-6-4-3-5-13(14)20/h3-9H,10H2,1-2H3,(H,21,26). The SMILES string of the molecule is Cc1ccc2c(c1)c1nnc(SCC(=O)Nc3ccccc3F)nc1n2C. The molecule has 0 saturated carbocycles. The van der Waals surface area contributed by atoms with Crippen molar-refractivity contribution in [3.05, 3.63) is 53.8 Å². The molecular formula is C19H16FN5OS. The van der Waals surface area contributed by atoms with Crippen molar-refractivity contribution in [2.24, 2.45) is 7.05 Å². The lowest BCUT2D eigenvalue weighted by molar-refractivity contribution is -0.113. The maximum absolute atomic E-state index is 13.6. The van der Waals surface area contributed by atoms with Gasteiger partial charge in [0.15, 0.2) is 5.65 Å². The van der Waals surface area contributed by atoms with Crippen LogP contribution in [0.4, 0.5) is 10.1 Å². The van der Waals surface area contributed by atoms with E-state index in [-0.39, 0.29) is 17.3 Å². The van der Waals surface area contributed by atoms with Crippen LogP contribution in [0, 0.1) is 12.7 Å². The topological polar surface area (TPSA) is 72.7 Å². The molecule has 1 N–H and O–H groups in total. The molecule has 0 atom stereocenters.